The van der Waals surface area contributed by atoms with Crippen LogP contribution in [-0.4, -0.2) is 77.7 Å². The summed E-state index contributed by atoms with van der Waals surface area (Å²) in [4.78, 5) is 36.8. The van der Waals surface area contributed by atoms with Gasteiger partial charge in [-0.05, 0) is 56.7 Å². The lowest BCUT2D eigenvalue weighted by molar-refractivity contribution is -0.133. The van der Waals surface area contributed by atoms with Crippen molar-refractivity contribution in [1.29, 1.82) is 0 Å². The number of likely N-dealkylation sites (tertiary alicyclic amines) is 1. The summed E-state index contributed by atoms with van der Waals surface area (Å²) in [5.41, 5.74) is 1.98. The fourth-order valence-corrected chi connectivity index (χ4v) is 5.41. The molecule has 0 bridgehead atoms. The van der Waals surface area contributed by atoms with Crippen molar-refractivity contribution in [2.45, 2.75) is 58.4 Å². The normalized spacial score (nSPS) is 24.9. The van der Waals surface area contributed by atoms with Gasteiger partial charge in [-0.15, -0.1) is 0 Å². The summed E-state index contributed by atoms with van der Waals surface area (Å²) in [6.07, 6.45) is 8.70. The van der Waals surface area contributed by atoms with Gasteiger partial charge in [0.25, 0.3) is 0 Å². The molecule has 32 heavy (non-hydrogen) atoms. The summed E-state index contributed by atoms with van der Waals surface area (Å²) in [6, 6.07) is 6.35. The molecule has 2 heterocycles. The summed E-state index contributed by atoms with van der Waals surface area (Å²) in [6.45, 7) is 7.69. The number of hydrogen-bond acceptors (Lipinski definition) is 5. The predicted molar refractivity (Wildman–Crippen MR) is 128 cm³/mol. The van der Waals surface area contributed by atoms with Crippen LogP contribution in [0, 0.1) is 11.8 Å². The molecule has 1 aromatic heterocycles. The molecule has 6 heteroatoms. The lowest BCUT2D eigenvalue weighted by Crippen LogP contribution is -2.52. The van der Waals surface area contributed by atoms with Crippen molar-refractivity contribution in [1.82, 2.24) is 19.7 Å². The molecule has 1 aromatic rings. The Hall–Kier alpha value is -2.21. The summed E-state index contributed by atoms with van der Waals surface area (Å²) in [5.74, 6) is 1.21. The third-order valence-corrected chi connectivity index (χ3v) is 6.86. The number of amides is 1. The van der Waals surface area contributed by atoms with E-state index < -0.39 is 0 Å². The quantitative estimate of drug-likeness (QED) is 0.551. The zero-order valence-corrected chi connectivity index (χ0v) is 20.3. The lowest BCUT2D eigenvalue weighted by Gasteiger charge is -2.47. The molecule has 3 atom stereocenters. The van der Waals surface area contributed by atoms with Crippen molar-refractivity contribution in [3.8, 4) is 0 Å². The molecule has 3 rings (SSSR count). The number of ketones is 1. The molecule has 1 aliphatic carbocycles. The molecule has 1 saturated carbocycles. The van der Waals surface area contributed by atoms with E-state index in [0.29, 0.717) is 37.3 Å². The van der Waals surface area contributed by atoms with E-state index in [1.807, 2.05) is 48.3 Å². The molecule has 2 aliphatic rings. The summed E-state index contributed by atoms with van der Waals surface area (Å²) in [7, 11) is 3.96. The highest BCUT2D eigenvalue weighted by atomic mass is 16.2. The standard InChI is InChI=1S/C26H40N4O2/c1-5-12-30-18-20(14-21-17-25(31)22(16-24(21)30)19-28(3)4)15-26(32)29(6-2)13-10-23-9-7-8-11-27-23/h7-9,11,19-21,24H,5-6,10,12-18H2,1-4H3/t20-,21-,24-/m1/s1. The number of hydrogen-bond donors (Lipinski definition) is 0. The van der Waals surface area contributed by atoms with Gasteiger partial charge in [0.05, 0.1) is 0 Å². The minimum atomic E-state index is 0.235. The third-order valence-electron chi connectivity index (χ3n) is 6.86. The van der Waals surface area contributed by atoms with Gasteiger partial charge in [0.2, 0.25) is 5.91 Å². The third kappa shape index (κ3) is 6.41. The first-order chi connectivity index (χ1) is 15.4. The second-order valence-electron chi connectivity index (χ2n) is 9.62. The number of carbonyl (C=O) groups is 2. The van der Waals surface area contributed by atoms with Crippen LogP contribution in [0.2, 0.25) is 0 Å². The van der Waals surface area contributed by atoms with Crippen molar-refractivity contribution in [3.05, 3.63) is 41.9 Å². The van der Waals surface area contributed by atoms with Crippen LogP contribution >= 0.6 is 0 Å². The van der Waals surface area contributed by atoms with Crippen molar-refractivity contribution in [3.63, 3.8) is 0 Å². The summed E-state index contributed by atoms with van der Waals surface area (Å²) < 4.78 is 0. The van der Waals surface area contributed by atoms with Crippen LogP contribution in [0.5, 0.6) is 0 Å². The van der Waals surface area contributed by atoms with Crippen LogP contribution < -0.4 is 0 Å². The van der Waals surface area contributed by atoms with E-state index in [-0.39, 0.29) is 11.7 Å². The average Bonchev–Trinajstić information content (AvgIpc) is 2.76. The van der Waals surface area contributed by atoms with Gasteiger partial charge in [-0.1, -0.05) is 13.0 Å². The number of carbonyl (C=O) groups excluding carboxylic acids is 2. The van der Waals surface area contributed by atoms with Gasteiger partial charge in [0, 0.05) is 82.7 Å². The first kappa shape index (κ1) is 24.4. The van der Waals surface area contributed by atoms with Crippen LogP contribution in [0.25, 0.3) is 0 Å². The summed E-state index contributed by atoms with van der Waals surface area (Å²) in [5, 5.41) is 0. The zero-order valence-electron chi connectivity index (χ0n) is 20.3. The Labute approximate surface area is 193 Å². The van der Waals surface area contributed by atoms with Crippen LogP contribution in [-0.2, 0) is 16.0 Å². The predicted octanol–water partition coefficient (Wildman–Crippen LogP) is 3.39. The maximum atomic E-state index is 13.1. The Morgan fingerprint density at radius 1 is 1.25 bits per heavy atom. The van der Waals surface area contributed by atoms with E-state index in [1.165, 1.54) is 0 Å². The van der Waals surface area contributed by atoms with Crippen LogP contribution in [0.15, 0.2) is 36.2 Å². The first-order valence-electron chi connectivity index (χ1n) is 12.2. The smallest absolute Gasteiger partial charge is 0.222 e. The Morgan fingerprint density at radius 2 is 2.06 bits per heavy atom. The van der Waals surface area contributed by atoms with E-state index in [0.717, 1.165) is 56.6 Å². The van der Waals surface area contributed by atoms with Gasteiger partial charge in [-0.3, -0.25) is 19.5 Å². The second-order valence-corrected chi connectivity index (χ2v) is 9.62. The largest absolute Gasteiger partial charge is 0.383 e. The number of Topliss-reactive ketones (excluding diaryl/α,β-unsaturated/α-hetero) is 1. The molecule has 1 amide bonds. The Balaban J connectivity index is 1.62. The zero-order chi connectivity index (χ0) is 23.1. The molecule has 0 unspecified atom stereocenters. The number of rotatable bonds is 9. The number of pyridine rings is 1. The maximum absolute atomic E-state index is 13.1. The lowest BCUT2D eigenvalue weighted by atomic mass is 9.72. The van der Waals surface area contributed by atoms with Crippen LogP contribution in [0.3, 0.4) is 0 Å². The van der Waals surface area contributed by atoms with Crippen molar-refractivity contribution >= 4 is 11.7 Å². The highest BCUT2D eigenvalue weighted by Crippen LogP contribution is 2.39. The maximum Gasteiger partial charge on any atom is 0.222 e. The van der Waals surface area contributed by atoms with E-state index in [1.54, 1.807) is 6.20 Å². The molecule has 6 nitrogen and oxygen atoms in total. The van der Waals surface area contributed by atoms with Crippen molar-refractivity contribution in [2.75, 3.05) is 40.3 Å². The molecular weight excluding hydrogens is 400 g/mol. The molecule has 0 aromatic carbocycles. The number of fused-ring (bicyclic) bond motifs is 1. The second kappa shape index (κ2) is 11.6. The monoisotopic (exact) mass is 440 g/mol. The fraction of sp³-hybridized carbons (Fsp3) is 0.654. The van der Waals surface area contributed by atoms with Crippen LogP contribution in [0.1, 0.15) is 51.6 Å². The fourth-order valence-electron chi connectivity index (χ4n) is 5.41. The van der Waals surface area contributed by atoms with E-state index in [4.69, 9.17) is 0 Å². The molecule has 1 saturated heterocycles. The molecule has 0 N–H and O–H groups in total. The van der Waals surface area contributed by atoms with E-state index in [9.17, 15) is 9.59 Å². The van der Waals surface area contributed by atoms with E-state index >= 15 is 0 Å². The van der Waals surface area contributed by atoms with Gasteiger partial charge in [-0.2, -0.15) is 0 Å². The average molecular weight is 441 g/mol. The minimum absolute atomic E-state index is 0.235. The highest BCUT2D eigenvalue weighted by molar-refractivity contribution is 5.96. The Kier molecular flexibility index (Phi) is 8.85. The van der Waals surface area contributed by atoms with Gasteiger partial charge in [-0.25, -0.2) is 0 Å². The van der Waals surface area contributed by atoms with Gasteiger partial charge in [0.1, 0.15) is 0 Å². The number of nitrogens with zero attached hydrogens (tertiary/aromatic N) is 4. The molecule has 2 fully saturated rings. The van der Waals surface area contributed by atoms with Crippen molar-refractivity contribution in [2.24, 2.45) is 11.8 Å². The minimum Gasteiger partial charge on any atom is -0.383 e. The SMILES string of the molecule is CCCN1C[C@@H](CC(=O)N(CC)CCc2ccccn2)C[C@@H]2CC(=O)C(=CN(C)C)C[C@H]21. The number of likely N-dealkylation sites (N-methyl/N-ethyl adjacent to an activating group) is 1. The molecule has 0 radical (unpaired) electrons. The molecular formula is C26H40N4O2. The molecule has 0 spiro atoms. The first-order valence-corrected chi connectivity index (χ1v) is 12.2. The van der Waals surface area contributed by atoms with E-state index in [2.05, 4.69) is 23.7 Å². The van der Waals surface area contributed by atoms with Crippen molar-refractivity contribution < 1.29 is 9.59 Å². The van der Waals surface area contributed by atoms with Gasteiger partial charge < -0.3 is 9.80 Å². The van der Waals surface area contributed by atoms with Gasteiger partial charge >= 0.3 is 0 Å². The molecule has 1 aliphatic heterocycles. The summed E-state index contributed by atoms with van der Waals surface area (Å²) >= 11 is 0. The van der Waals surface area contributed by atoms with Crippen LogP contribution in [0.4, 0.5) is 0 Å². The topological polar surface area (TPSA) is 56.8 Å². The number of aromatic nitrogens is 1. The Bertz CT molecular complexity index is 792. The van der Waals surface area contributed by atoms with Gasteiger partial charge in [0.15, 0.2) is 5.78 Å². The molecule has 176 valence electrons. The highest BCUT2D eigenvalue weighted by Gasteiger charge is 2.41. The Morgan fingerprint density at radius 3 is 2.72 bits per heavy atom. The number of piperidine rings is 1.